The summed E-state index contributed by atoms with van der Waals surface area (Å²) in [5, 5.41) is 18.4. The lowest BCUT2D eigenvalue weighted by Crippen LogP contribution is -2.38. The molecule has 0 aliphatic carbocycles. The summed E-state index contributed by atoms with van der Waals surface area (Å²) in [5.41, 5.74) is 0.162. The quantitative estimate of drug-likeness (QED) is 0.497. The van der Waals surface area contributed by atoms with E-state index in [1.807, 2.05) is 47.6 Å². The Morgan fingerprint density at radius 3 is 2.28 bits per heavy atom. The van der Waals surface area contributed by atoms with Crippen molar-refractivity contribution in [3.05, 3.63) is 50.7 Å². The summed E-state index contributed by atoms with van der Waals surface area (Å²) in [7, 11) is 0. The van der Waals surface area contributed by atoms with Gasteiger partial charge in [0, 0.05) is 30.2 Å². The number of nitrogens with zero attached hydrogens (tertiary/aromatic N) is 4. The number of nitro benzene ring substituents is 1. The van der Waals surface area contributed by atoms with Crippen molar-refractivity contribution in [2.75, 3.05) is 18.4 Å². The van der Waals surface area contributed by atoms with Crippen molar-refractivity contribution in [2.24, 2.45) is 0 Å². The smallest absolute Gasteiger partial charge is 0.270 e. The van der Waals surface area contributed by atoms with Crippen LogP contribution in [0.2, 0.25) is 5.02 Å². The molecule has 0 aliphatic rings. The van der Waals surface area contributed by atoms with Gasteiger partial charge in [-0.3, -0.25) is 19.7 Å². The Hall–Kier alpha value is -2.94. The second-order valence-corrected chi connectivity index (χ2v) is 9.94. The monoisotopic (exact) mass is 463 g/mol. The van der Waals surface area contributed by atoms with E-state index in [0.29, 0.717) is 5.82 Å². The lowest BCUT2D eigenvalue weighted by Gasteiger charge is -2.24. The third-order valence-electron chi connectivity index (χ3n) is 4.78. The Morgan fingerprint density at radius 1 is 1.19 bits per heavy atom. The number of carbonyl (C=O) groups is 2. The molecular formula is C22H30ClN5O4. The average molecular weight is 464 g/mol. The van der Waals surface area contributed by atoms with Gasteiger partial charge < -0.3 is 10.2 Å². The maximum atomic E-state index is 12.9. The normalized spacial score (nSPS) is 11.9. The van der Waals surface area contributed by atoms with E-state index >= 15 is 0 Å². The highest BCUT2D eigenvalue weighted by molar-refractivity contribution is 6.34. The number of halogens is 1. The van der Waals surface area contributed by atoms with Crippen LogP contribution in [0.15, 0.2) is 24.3 Å². The lowest BCUT2D eigenvalue weighted by molar-refractivity contribution is -0.384. The molecule has 0 spiro atoms. The number of hydrogen-bond acceptors (Lipinski definition) is 5. The fourth-order valence-corrected chi connectivity index (χ4v) is 3.25. The van der Waals surface area contributed by atoms with Crippen LogP contribution in [0.4, 0.5) is 11.5 Å². The van der Waals surface area contributed by atoms with E-state index in [-0.39, 0.29) is 46.2 Å². The van der Waals surface area contributed by atoms with Gasteiger partial charge in [-0.2, -0.15) is 5.10 Å². The number of benzene rings is 1. The van der Waals surface area contributed by atoms with Gasteiger partial charge in [-0.15, -0.1) is 0 Å². The molecule has 0 aliphatic heterocycles. The van der Waals surface area contributed by atoms with E-state index in [1.54, 1.807) is 11.6 Å². The van der Waals surface area contributed by atoms with Crippen LogP contribution in [0.1, 0.15) is 64.5 Å². The number of likely N-dealkylation sites (N-methyl/N-ethyl adjacent to an activating group) is 1. The van der Waals surface area contributed by atoms with E-state index < -0.39 is 10.8 Å². The van der Waals surface area contributed by atoms with Crippen molar-refractivity contribution in [1.29, 1.82) is 0 Å². The molecule has 10 heteroatoms. The molecule has 0 bridgehead atoms. The SMILES string of the molecule is CCN(CC(=O)Nc1cc(C(C)(C)C)nn1C(C)(C)C)C(=O)c1ccc([N+](=O)[O-])cc1Cl. The first-order chi connectivity index (χ1) is 14.6. The van der Waals surface area contributed by atoms with E-state index in [4.69, 9.17) is 11.6 Å². The number of carbonyl (C=O) groups excluding carboxylic acids is 2. The Labute approximate surface area is 192 Å². The second kappa shape index (κ2) is 9.28. The summed E-state index contributed by atoms with van der Waals surface area (Å²) < 4.78 is 1.76. The molecule has 174 valence electrons. The van der Waals surface area contributed by atoms with E-state index in [0.717, 1.165) is 11.8 Å². The summed E-state index contributed by atoms with van der Waals surface area (Å²) in [5.74, 6) is -0.323. The number of aromatic nitrogens is 2. The third-order valence-corrected chi connectivity index (χ3v) is 5.09. The Kier molecular flexibility index (Phi) is 7.34. The molecule has 0 fully saturated rings. The van der Waals surface area contributed by atoms with Gasteiger partial charge in [0.15, 0.2) is 0 Å². The molecular weight excluding hydrogens is 434 g/mol. The van der Waals surface area contributed by atoms with Crippen molar-refractivity contribution in [2.45, 2.75) is 59.4 Å². The van der Waals surface area contributed by atoms with Gasteiger partial charge in [0.1, 0.15) is 12.4 Å². The summed E-state index contributed by atoms with van der Waals surface area (Å²) in [6.45, 7) is 13.9. The highest BCUT2D eigenvalue weighted by Gasteiger charge is 2.27. The minimum atomic E-state index is -0.588. The van der Waals surface area contributed by atoms with Crippen LogP contribution in [-0.2, 0) is 15.7 Å². The van der Waals surface area contributed by atoms with Crippen molar-refractivity contribution >= 4 is 34.9 Å². The van der Waals surface area contributed by atoms with E-state index in [2.05, 4.69) is 10.4 Å². The maximum Gasteiger partial charge on any atom is 0.270 e. The zero-order valence-corrected chi connectivity index (χ0v) is 20.3. The molecule has 1 aromatic heterocycles. The first-order valence-corrected chi connectivity index (χ1v) is 10.7. The number of non-ortho nitro benzene ring substituents is 1. The predicted octanol–water partition coefficient (Wildman–Crippen LogP) is 4.60. The molecule has 2 aromatic rings. The number of rotatable bonds is 6. The minimum Gasteiger partial charge on any atom is -0.330 e. The largest absolute Gasteiger partial charge is 0.330 e. The number of amides is 2. The van der Waals surface area contributed by atoms with Crippen LogP contribution < -0.4 is 5.32 Å². The first kappa shape index (κ1) is 25.3. The second-order valence-electron chi connectivity index (χ2n) is 9.54. The molecule has 1 aromatic carbocycles. The van der Waals surface area contributed by atoms with Crippen LogP contribution in [0, 0.1) is 10.1 Å². The minimum absolute atomic E-state index is 0.0383. The molecule has 1 heterocycles. The third kappa shape index (κ3) is 5.85. The molecule has 0 saturated heterocycles. The molecule has 0 radical (unpaired) electrons. The Morgan fingerprint density at radius 2 is 1.81 bits per heavy atom. The summed E-state index contributed by atoms with van der Waals surface area (Å²) in [6.07, 6.45) is 0. The molecule has 32 heavy (non-hydrogen) atoms. The number of nitrogens with one attached hydrogen (secondary N) is 1. The van der Waals surface area contributed by atoms with Crippen LogP contribution in [0.25, 0.3) is 0 Å². The van der Waals surface area contributed by atoms with Crippen LogP contribution in [-0.4, -0.2) is 44.5 Å². The van der Waals surface area contributed by atoms with E-state index in [9.17, 15) is 19.7 Å². The highest BCUT2D eigenvalue weighted by Crippen LogP contribution is 2.28. The van der Waals surface area contributed by atoms with Gasteiger partial charge in [0.25, 0.3) is 11.6 Å². The maximum absolute atomic E-state index is 12.9. The summed E-state index contributed by atoms with van der Waals surface area (Å²) in [4.78, 5) is 37.4. The van der Waals surface area contributed by atoms with Crippen molar-refractivity contribution in [1.82, 2.24) is 14.7 Å². The van der Waals surface area contributed by atoms with Gasteiger partial charge in [-0.25, -0.2) is 4.68 Å². The number of anilines is 1. The van der Waals surface area contributed by atoms with Crippen molar-refractivity contribution in [3.8, 4) is 0 Å². The lowest BCUT2D eigenvalue weighted by atomic mass is 9.92. The molecule has 0 unspecified atom stereocenters. The fourth-order valence-electron chi connectivity index (χ4n) is 2.99. The van der Waals surface area contributed by atoms with Gasteiger partial charge in [0.2, 0.25) is 5.91 Å². The zero-order valence-electron chi connectivity index (χ0n) is 19.5. The highest BCUT2D eigenvalue weighted by atomic mass is 35.5. The van der Waals surface area contributed by atoms with Gasteiger partial charge >= 0.3 is 0 Å². The fraction of sp³-hybridized carbons (Fsp3) is 0.500. The molecule has 2 amide bonds. The zero-order chi connectivity index (χ0) is 24.4. The van der Waals surface area contributed by atoms with Gasteiger partial charge in [-0.05, 0) is 33.8 Å². The molecule has 2 rings (SSSR count). The average Bonchev–Trinajstić information content (AvgIpc) is 3.10. The predicted molar refractivity (Wildman–Crippen MR) is 124 cm³/mol. The van der Waals surface area contributed by atoms with Crippen LogP contribution in [0.3, 0.4) is 0 Å². The molecule has 1 N–H and O–H groups in total. The Balaban J connectivity index is 2.24. The Bertz CT molecular complexity index is 1030. The number of hydrogen-bond donors (Lipinski definition) is 1. The van der Waals surface area contributed by atoms with E-state index in [1.165, 1.54) is 17.0 Å². The van der Waals surface area contributed by atoms with Gasteiger partial charge in [-0.1, -0.05) is 32.4 Å². The molecule has 9 nitrogen and oxygen atoms in total. The molecule has 0 atom stereocenters. The topological polar surface area (TPSA) is 110 Å². The van der Waals surface area contributed by atoms with Crippen molar-refractivity contribution in [3.63, 3.8) is 0 Å². The standard InChI is InChI=1S/C22H30ClN5O4/c1-8-26(20(30)15-10-9-14(28(31)32)11-16(15)23)13-19(29)24-18-12-17(21(2,3)4)25-27(18)22(5,6)7/h9-12H,8,13H2,1-7H3,(H,24,29). The summed E-state index contributed by atoms with van der Waals surface area (Å²) in [6, 6.07) is 5.48. The molecule has 0 saturated carbocycles. The van der Waals surface area contributed by atoms with Crippen LogP contribution >= 0.6 is 11.6 Å². The number of nitro groups is 1. The summed E-state index contributed by atoms with van der Waals surface area (Å²) >= 11 is 6.09. The van der Waals surface area contributed by atoms with Gasteiger partial charge in [0.05, 0.1) is 26.7 Å². The first-order valence-electron chi connectivity index (χ1n) is 10.3. The van der Waals surface area contributed by atoms with Crippen molar-refractivity contribution < 1.29 is 14.5 Å². The van der Waals surface area contributed by atoms with Crippen LogP contribution in [0.5, 0.6) is 0 Å².